The van der Waals surface area contributed by atoms with Crippen molar-refractivity contribution in [3.63, 3.8) is 0 Å². The van der Waals surface area contributed by atoms with Crippen LogP contribution in [0.25, 0.3) is 17.5 Å². The maximum Gasteiger partial charge on any atom is 0.419 e. The summed E-state index contributed by atoms with van der Waals surface area (Å²) in [5.41, 5.74) is 4.24. The van der Waals surface area contributed by atoms with Gasteiger partial charge in [-0.2, -0.15) is 0 Å². The zero-order valence-electron chi connectivity index (χ0n) is 17.6. The molecule has 2 aromatic carbocycles. The maximum atomic E-state index is 11.3. The summed E-state index contributed by atoms with van der Waals surface area (Å²) < 4.78 is 10.6. The number of carbonyl (C=O) groups excluding carboxylic acids is 2. The smallest absolute Gasteiger partial charge is 0.419 e. The molecule has 6 nitrogen and oxygen atoms in total. The Morgan fingerprint density at radius 3 is 2.44 bits per heavy atom. The lowest BCUT2D eigenvalue weighted by molar-refractivity contribution is -0.116. The molecule has 0 saturated carbocycles. The molecule has 0 bridgehead atoms. The van der Waals surface area contributed by atoms with E-state index < -0.39 is 12.0 Å². The van der Waals surface area contributed by atoms with Crippen LogP contribution in [-0.4, -0.2) is 17.0 Å². The Morgan fingerprint density at radius 2 is 1.72 bits per heavy atom. The zero-order valence-corrected chi connectivity index (χ0v) is 17.6. The Balaban J connectivity index is 1.31. The van der Waals surface area contributed by atoms with Crippen LogP contribution < -0.4 is 5.32 Å². The molecule has 1 saturated heterocycles. The van der Waals surface area contributed by atoms with Crippen LogP contribution in [0.1, 0.15) is 22.6 Å². The molecule has 0 aliphatic carbocycles. The Kier molecular flexibility index (Phi) is 6.41. The van der Waals surface area contributed by atoms with Gasteiger partial charge >= 0.3 is 6.09 Å². The van der Waals surface area contributed by atoms with Gasteiger partial charge in [0.25, 0.3) is 5.91 Å². The summed E-state index contributed by atoms with van der Waals surface area (Å²) in [6.07, 6.45) is 9.59. The van der Waals surface area contributed by atoms with Gasteiger partial charge in [-0.3, -0.25) is 10.1 Å². The SMILES string of the molecule is Cc1oc(-c2ccccc2)nc1CCc1ccc(C=CC=CC=C2OC(=O)NC2=O)cc1. The first-order valence-corrected chi connectivity index (χ1v) is 10.3. The number of rotatable bonds is 7. The van der Waals surface area contributed by atoms with Crippen LogP contribution in [0.5, 0.6) is 0 Å². The number of amides is 2. The molecule has 6 heteroatoms. The van der Waals surface area contributed by atoms with E-state index in [0.717, 1.165) is 35.4 Å². The number of cyclic esters (lactones) is 1. The number of carbonyl (C=O) groups is 2. The Bertz CT molecular complexity index is 1200. The van der Waals surface area contributed by atoms with Crippen LogP contribution >= 0.6 is 0 Å². The average molecular weight is 426 g/mol. The number of nitrogens with zero attached hydrogens (tertiary/aromatic N) is 1. The van der Waals surface area contributed by atoms with Crippen LogP contribution in [-0.2, 0) is 22.4 Å². The fourth-order valence-electron chi connectivity index (χ4n) is 3.23. The van der Waals surface area contributed by atoms with E-state index in [9.17, 15) is 9.59 Å². The monoisotopic (exact) mass is 426 g/mol. The second-order valence-electron chi connectivity index (χ2n) is 7.25. The first kappa shape index (κ1) is 21.1. The molecule has 160 valence electrons. The molecule has 1 aromatic heterocycles. The van der Waals surface area contributed by atoms with Crippen molar-refractivity contribution >= 4 is 18.1 Å². The van der Waals surface area contributed by atoms with Crippen LogP contribution in [0, 0.1) is 6.92 Å². The number of nitrogens with one attached hydrogen (secondary N) is 1. The van der Waals surface area contributed by atoms with E-state index >= 15 is 0 Å². The summed E-state index contributed by atoms with van der Waals surface area (Å²) in [6, 6.07) is 18.2. The lowest BCUT2D eigenvalue weighted by atomic mass is 10.1. The minimum absolute atomic E-state index is 0.0118. The van der Waals surface area contributed by atoms with E-state index in [1.165, 1.54) is 11.6 Å². The van der Waals surface area contributed by atoms with Gasteiger partial charge in [-0.05, 0) is 49.1 Å². The summed E-state index contributed by atoms with van der Waals surface area (Å²) in [6.45, 7) is 1.95. The minimum atomic E-state index is -0.749. The lowest BCUT2D eigenvalue weighted by Crippen LogP contribution is -2.18. The highest BCUT2D eigenvalue weighted by molar-refractivity contribution is 6.07. The number of hydrogen-bond acceptors (Lipinski definition) is 5. The van der Waals surface area contributed by atoms with Crippen molar-refractivity contribution in [1.82, 2.24) is 10.3 Å². The zero-order chi connectivity index (χ0) is 22.3. The molecule has 32 heavy (non-hydrogen) atoms. The summed E-state index contributed by atoms with van der Waals surface area (Å²) >= 11 is 0. The number of alkyl carbamates (subject to hydrolysis) is 1. The van der Waals surface area contributed by atoms with Gasteiger partial charge in [-0.25, -0.2) is 9.78 Å². The molecule has 0 spiro atoms. The third-order valence-electron chi connectivity index (χ3n) is 4.94. The highest BCUT2D eigenvalue weighted by Crippen LogP contribution is 2.22. The van der Waals surface area contributed by atoms with Crippen LogP contribution in [0.15, 0.2) is 89.1 Å². The van der Waals surface area contributed by atoms with E-state index in [1.807, 2.05) is 54.7 Å². The van der Waals surface area contributed by atoms with Crippen molar-refractivity contribution in [2.24, 2.45) is 0 Å². The first-order valence-electron chi connectivity index (χ1n) is 10.3. The fourth-order valence-corrected chi connectivity index (χ4v) is 3.23. The van der Waals surface area contributed by atoms with Gasteiger partial charge in [0, 0.05) is 5.56 Å². The van der Waals surface area contributed by atoms with Gasteiger partial charge in [0.1, 0.15) is 5.76 Å². The second kappa shape index (κ2) is 9.75. The third kappa shape index (κ3) is 5.29. The van der Waals surface area contributed by atoms with Crippen molar-refractivity contribution in [3.05, 3.63) is 107 Å². The Hall–Kier alpha value is -4.19. The number of ether oxygens (including phenoxy) is 1. The van der Waals surface area contributed by atoms with Crippen molar-refractivity contribution in [2.75, 3.05) is 0 Å². The molecule has 0 radical (unpaired) electrons. The largest absolute Gasteiger partial charge is 0.441 e. The van der Waals surface area contributed by atoms with E-state index in [2.05, 4.69) is 29.2 Å². The maximum absolute atomic E-state index is 11.3. The number of oxazole rings is 1. The van der Waals surface area contributed by atoms with Gasteiger partial charge in [0.15, 0.2) is 5.76 Å². The number of benzene rings is 2. The lowest BCUT2D eigenvalue weighted by Gasteiger charge is -2.01. The standard InChI is InChI=1S/C26H22N2O4/c1-18-22(27-25(31-18)21-9-5-3-6-10-21)17-16-20-14-12-19(13-15-20)8-4-2-7-11-23-24(29)28-26(30)32-23/h2-15H,16-17H2,1H3,(H,28,29,30). The van der Waals surface area contributed by atoms with E-state index in [1.54, 1.807) is 12.2 Å². The molecule has 0 atom stereocenters. The average Bonchev–Trinajstić information content (AvgIpc) is 3.34. The van der Waals surface area contributed by atoms with Crippen molar-refractivity contribution in [1.29, 1.82) is 0 Å². The van der Waals surface area contributed by atoms with Crippen LogP contribution in [0.3, 0.4) is 0 Å². The fraction of sp³-hybridized carbons (Fsp3) is 0.115. The molecular weight excluding hydrogens is 404 g/mol. The topological polar surface area (TPSA) is 81.4 Å². The summed E-state index contributed by atoms with van der Waals surface area (Å²) in [5.74, 6) is 0.975. The molecule has 1 N–H and O–H groups in total. The molecule has 2 heterocycles. The predicted octanol–water partition coefficient (Wildman–Crippen LogP) is 5.15. The molecule has 2 amide bonds. The van der Waals surface area contributed by atoms with Gasteiger partial charge < -0.3 is 9.15 Å². The Morgan fingerprint density at radius 1 is 0.938 bits per heavy atom. The summed E-state index contributed by atoms with van der Waals surface area (Å²) in [5, 5.41) is 2.04. The number of aromatic nitrogens is 1. The predicted molar refractivity (Wildman–Crippen MR) is 121 cm³/mol. The highest BCUT2D eigenvalue weighted by Gasteiger charge is 2.25. The molecule has 3 aromatic rings. The molecular formula is C26H22N2O4. The van der Waals surface area contributed by atoms with E-state index in [0.29, 0.717) is 5.89 Å². The van der Waals surface area contributed by atoms with Gasteiger partial charge in [0.05, 0.1) is 5.69 Å². The highest BCUT2D eigenvalue weighted by atomic mass is 16.6. The van der Waals surface area contributed by atoms with E-state index in [4.69, 9.17) is 9.15 Å². The molecule has 1 aliphatic heterocycles. The first-order chi connectivity index (χ1) is 15.6. The summed E-state index contributed by atoms with van der Waals surface area (Å²) in [7, 11) is 0. The van der Waals surface area contributed by atoms with Gasteiger partial charge in [-0.1, -0.05) is 66.8 Å². The van der Waals surface area contributed by atoms with Crippen LogP contribution in [0.4, 0.5) is 4.79 Å². The number of aryl methyl sites for hydroxylation is 3. The molecule has 1 aliphatic rings. The van der Waals surface area contributed by atoms with Crippen molar-refractivity contribution < 1.29 is 18.7 Å². The Labute approximate surface area is 185 Å². The van der Waals surface area contributed by atoms with Crippen molar-refractivity contribution in [2.45, 2.75) is 19.8 Å². The molecule has 0 unspecified atom stereocenters. The number of allylic oxidation sites excluding steroid dienone is 4. The van der Waals surface area contributed by atoms with Crippen LogP contribution in [0.2, 0.25) is 0 Å². The molecule has 4 rings (SSSR count). The molecule has 1 fully saturated rings. The quantitative estimate of drug-likeness (QED) is 0.417. The van der Waals surface area contributed by atoms with Crippen molar-refractivity contribution in [3.8, 4) is 11.5 Å². The summed E-state index contributed by atoms with van der Waals surface area (Å²) in [4.78, 5) is 26.9. The van der Waals surface area contributed by atoms with Gasteiger partial charge in [-0.15, -0.1) is 0 Å². The number of hydrogen-bond donors (Lipinski definition) is 1. The number of imide groups is 1. The van der Waals surface area contributed by atoms with Gasteiger partial charge in [0.2, 0.25) is 5.89 Å². The third-order valence-corrected chi connectivity index (χ3v) is 4.94. The minimum Gasteiger partial charge on any atom is -0.441 e. The second-order valence-corrected chi connectivity index (χ2v) is 7.25. The normalized spacial score (nSPS) is 15.1. The van der Waals surface area contributed by atoms with E-state index in [-0.39, 0.29) is 5.76 Å².